The van der Waals surface area contributed by atoms with Gasteiger partial charge in [0.15, 0.2) is 0 Å². The van der Waals surface area contributed by atoms with Crippen LogP contribution in [0.2, 0.25) is 0 Å². The van der Waals surface area contributed by atoms with Crippen molar-refractivity contribution in [2.75, 3.05) is 19.0 Å². The number of para-hydroxylation sites is 1. The fraction of sp³-hybridized carbons (Fsp3) is 0.647. The van der Waals surface area contributed by atoms with Gasteiger partial charge in [-0.05, 0) is 31.2 Å². The molecule has 0 spiro atoms. The quantitative estimate of drug-likeness (QED) is 0.750. The van der Waals surface area contributed by atoms with Crippen LogP contribution in [-0.4, -0.2) is 18.8 Å². The molecule has 0 aliphatic carbocycles. The lowest BCUT2D eigenvalue weighted by Gasteiger charge is -2.29. The molecule has 1 aromatic carbocycles. The molecule has 0 aliphatic heterocycles. The van der Waals surface area contributed by atoms with Crippen molar-refractivity contribution in [3.8, 4) is 5.75 Å². The molecule has 0 aromatic heterocycles. The van der Waals surface area contributed by atoms with E-state index in [0.29, 0.717) is 18.8 Å². The Labute approximate surface area is 123 Å². The Morgan fingerprint density at radius 3 is 2.40 bits per heavy atom. The third-order valence-electron chi connectivity index (χ3n) is 3.94. The number of hydrogen-bond acceptors (Lipinski definition) is 3. The van der Waals surface area contributed by atoms with E-state index in [1.165, 1.54) is 0 Å². The molecule has 0 fully saturated rings. The van der Waals surface area contributed by atoms with Crippen LogP contribution in [0.5, 0.6) is 5.75 Å². The van der Waals surface area contributed by atoms with Crippen molar-refractivity contribution >= 4 is 5.69 Å². The number of hydrogen-bond donors (Lipinski definition) is 2. The van der Waals surface area contributed by atoms with Crippen molar-refractivity contribution in [1.82, 2.24) is 0 Å². The highest BCUT2D eigenvalue weighted by atomic mass is 16.5. The first kappa shape index (κ1) is 16.8. The SMILES string of the molecule is CCC(O)(CC)c1cccc(OC)c1NCCC(C)C. The Morgan fingerprint density at radius 1 is 1.25 bits per heavy atom. The smallest absolute Gasteiger partial charge is 0.142 e. The maximum absolute atomic E-state index is 10.8. The molecule has 20 heavy (non-hydrogen) atoms. The molecular weight excluding hydrogens is 250 g/mol. The summed E-state index contributed by atoms with van der Waals surface area (Å²) in [5.41, 5.74) is 1.07. The third kappa shape index (κ3) is 3.89. The lowest BCUT2D eigenvalue weighted by Crippen LogP contribution is -2.25. The average molecular weight is 279 g/mol. The maximum atomic E-state index is 10.8. The fourth-order valence-corrected chi connectivity index (χ4v) is 2.39. The van der Waals surface area contributed by atoms with Crippen molar-refractivity contribution in [2.24, 2.45) is 5.92 Å². The van der Waals surface area contributed by atoms with E-state index in [1.807, 2.05) is 32.0 Å². The summed E-state index contributed by atoms with van der Waals surface area (Å²) in [5.74, 6) is 1.45. The summed E-state index contributed by atoms with van der Waals surface area (Å²) < 4.78 is 5.45. The summed E-state index contributed by atoms with van der Waals surface area (Å²) in [6.07, 6.45) is 2.47. The molecule has 0 radical (unpaired) electrons. The van der Waals surface area contributed by atoms with E-state index >= 15 is 0 Å². The first-order valence-corrected chi connectivity index (χ1v) is 7.62. The molecule has 0 atom stereocenters. The van der Waals surface area contributed by atoms with Crippen LogP contribution < -0.4 is 10.1 Å². The summed E-state index contributed by atoms with van der Waals surface area (Å²) in [5, 5.41) is 14.3. The number of aliphatic hydroxyl groups is 1. The molecule has 2 N–H and O–H groups in total. The largest absolute Gasteiger partial charge is 0.495 e. The molecule has 0 saturated carbocycles. The summed E-state index contributed by atoms with van der Waals surface area (Å²) in [4.78, 5) is 0. The monoisotopic (exact) mass is 279 g/mol. The summed E-state index contributed by atoms with van der Waals surface area (Å²) in [7, 11) is 1.67. The zero-order valence-electron chi connectivity index (χ0n) is 13.5. The van der Waals surface area contributed by atoms with Gasteiger partial charge in [-0.15, -0.1) is 0 Å². The van der Waals surface area contributed by atoms with Crippen LogP contribution in [0.3, 0.4) is 0 Å². The molecule has 114 valence electrons. The van der Waals surface area contributed by atoms with Crippen LogP contribution in [0.4, 0.5) is 5.69 Å². The second-order valence-corrected chi connectivity index (χ2v) is 5.73. The Bertz CT molecular complexity index is 411. The molecule has 0 heterocycles. The molecule has 0 amide bonds. The highest BCUT2D eigenvalue weighted by molar-refractivity contribution is 5.64. The van der Waals surface area contributed by atoms with E-state index in [-0.39, 0.29) is 0 Å². The molecule has 1 rings (SSSR count). The van der Waals surface area contributed by atoms with Gasteiger partial charge in [0.1, 0.15) is 5.75 Å². The molecule has 0 unspecified atom stereocenters. The van der Waals surface area contributed by atoms with Crippen LogP contribution in [0.25, 0.3) is 0 Å². The van der Waals surface area contributed by atoms with Gasteiger partial charge in [0.2, 0.25) is 0 Å². The molecule has 0 saturated heterocycles. The molecule has 3 nitrogen and oxygen atoms in total. The van der Waals surface area contributed by atoms with E-state index in [9.17, 15) is 5.11 Å². The molecule has 0 bridgehead atoms. The number of benzene rings is 1. The number of methoxy groups -OCH3 is 1. The second kappa shape index (κ2) is 7.53. The Hall–Kier alpha value is -1.22. The van der Waals surface area contributed by atoms with Gasteiger partial charge in [0, 0.05) is 12.1 Å². The summed E-state index contributed by atoms with van der Waals surface area (Å²) in [6.45, 7) is 9.33. The van der Waals surface area contributed by atoms with Crippen molar-refractivity contribution in [3.63, 3.8) is 0 Å². The van der Waals surface area contributed by atoms with Gasteiger partial charge >= 0.3 is 0 Å². The van der Waals surface area contributed by atoms with Gasteiger partial charge < -0.3 is 15.2 Å². The first-order chi connectivity index (χ1) is 9.48. The fourth-order valence-electron chi connectivity index (χ4n) is 2.39. The summed E-state index contributed by atoms with van der Waals surface area (Å²) in [6, 6.07) is 5.87. The highest BCUT2D eigenvalue weighted by Crippen LogP contribution is 2.39. The normalized spacial score (nSPS) is 11.8. The van der Waals surface area contributed by atoms with Gasteiger partial charge in [0.25, 0.3) is 0 Å². The minimum atomic E-state index is -0.797. The van der Waals surface area contributed by atoms with Crippen LogP contribution in [0, 0.1) is 5.92 Å². The van der Waals surface area contributed by atoms with E-state index in [0.717, 1.165) is 30.0 Å². The molecule has 1 aromatic rings. The van der Waals surface area contributed by atoms with Crippen LogP contribution in [-0.2, 0) is 5.60 Å². The minimum Gasteiger partial charge on any atom is -0.495 e. The number of anilines is 1. The predicted molar refractivity (Wildman–Crippen MR) is 85.4 cm³/mol. The Balaban J connectivity index is 3.10. The van der Waals surface area contributed by atoms with Crippen LogP contribution >= 0.6 is 0 Å². The van der Waals surface area contributed by atoms with E-state index in [4.69, 9.17) is 4.74 Å². The topological polar surface area (TPSA) is 41.5 Å². The van der Waals surface area contributed by atoms with E-state index in [1.54, 1.807) is 7.11 Å². The molecule has 3 heteroatoms. The minimum absolute atomic E-state index is 0.650. The molecular formula is C17H29NO2. The first-order valence-electron chi connectivity index (χ1n) is 7.62. The average Bonchev–Trinajstić information content (AvgIpc) is 2.46. The standard InChI is InChI=1S/C17H29NO2/c1-6-17(19,7-2)14-9-8-10-15(20-5)16(14)18-12-11-13(3)4/h8-10,13,18-19H,6-7,11-12H2,1-5H3. The maximum Gasteiger partial charge on any atom is 0.142 e. The number of rotatable bonds is 8. The van der Waals surface area contributed by atoms with Gasteiger partial charge in [0.05, 0.1) is 18.4 Å². The Morgan fingerprint density at radius 2 is 1.90 bits per heavy atom. The van der Waals surface area contributed by atoms with Crippen LogP contribution in [0.1, 0.15) is 52.5 Å². The zero-order valence-corrected chi connectivity index (χ0v) is 13.5. The number of nitrogens with one attached hydrogen (secondary N) is 1. The Kier molecular flexibility index (Phi) is 6.34. The highest BCUT2D eigenvalue weighted by Gasteiger charge is 2.29. The van der Waals surface area contributed by atoms with Crippen LogP contribution in [0.15, 0.2) is 18.2 Å². The van der Waals surface area contributed by atoms with Crippen molar-refractivity contribution in [1.29, 1.82) is 0 Å². The predicted octanol–water partition coefficient (Wildman–Crippen LogP) is 4.16. The van der Waals surface area contributed by atoms with Crippen molar-refractivity contribution in [2.45, 2.75) is 52.6 Å². The zero-order chi connectivity index (χ0) is 15.2. The van der Waals surface area contributed by atoms with E-state index < -0.39 is 5.60 Å². The second-order valence-electron chi connectivity index (χ2n) is 5.73. The van der Waals surface area contributed by atoms with Crippen molar-refractivity contribution < 1.29 is 9.84 Å². The third-order valence-corrected chi connectivity index (χ3v) is 3.94. The van der Waals surface area contributed by atoms with Crippen molar-refractivity contribution in [3.05, 3.63) is 23.8 Å². The van der Waals surface area contributed by atoms with Gasteiger partial charge in [-0.1, -0.05) is 39.8 Å². The summed E-state index contributed by atoms with van der Waals surface area (Å²) >= 11 is 0. The molecule has 0 aliphatic rings. The van der Waals surface area contributed by atoms with E-state index in [2.05, 4.69) is 19.2 Å². The lowest BCUT2D eigenvalue weighted by atomic mass is 9.87. The number of ether oxygens (including phenoxy) is 1. The van der Waals surface area contributed by atoms with Gasteiger partial charge in [-0.25, -0.2) is 0 Å². The van der Waals surface area contributed by atoms with Gasteiger partial charge in [-0.3, -0.25) is 0 Å². The lowest BCUT2D eigenvalue weighted by molar-refractivity contribution is 0.0289. The van der Waals surface area contributed by atoms with Gasteiger partial charge in [-0.2, -0.15) is 0 Å².